The number of nitrogens with one attached hydrogen (secondary N) is 2. The number of ether oxygens (including phenoxy) is 1. The lowest BCUT2D eigenvalue weighted by molar-refractivity contribution is -0.133. The highest BCUT2D eigenvalue weighted by molar-refractivity contribution is 6.05. The summed E-state index contributed by atoms with van der Waals surface area (Å²) in [6.07, 6.45) is 8.72. The molecule has 1 aromatic heterocycles. The Morgan fingerprint density at radius 1 is 1.14 bits per heavy atom. The summed E-state index contributed by atoms with van der Waals surface area (Å²) in [5.41, 5.74) is 1.54. The third kappa shape index (κ3) is 5.95. The average molecular weight is 493 g/mol. The maximum atomic E-state index is 14.3. The predicted octanol–water partition coefficient (Wildman–Crippen LogP) is 4.28. The first kappa shape index (κ1) is 26.3. The molecular formula is C29H40N4O3. The van der Waals surface area contributed by atoms with Gasteiger partial charge < -0.3 is 10.1 Å². The van der Waals surface area contributed by atoms with Gasteiger partial charge in [0, 0.05) is 36.2 Å². The van der Waals surface area contributed by atoms with Crippen molar-refractivity contribution >= 4 is 17.5 Å². The summed E-state index contributed by atoms with van der Waals surface area (Å²) in [5, 5.41) is 6.61. The van der Waals surface area contributed by atoms with E-state index in [0.717, 1.165) is 31.2 Å². The maximum Gasteiger partial charge on any atom is 0.250 e. The van der Waals surface area contributed by atoms with Crippen LogP contribution in [-0.2, 0) is 19.7 Å². The molecule has 2 heterocycles. The number of carbonyl (C=O) groups excluding carboxylic acids is 2. The Morgan fingerprint density at radius 3 is 2.44 bits per heavy atom. The molecule has 7 heteroatoms. The van der Waals surface area contributed by atoms with Crippen molar-refractivity contribution in [2.24, 2.45) is 0 Å². The first-order chi connectivity index (χ1) is 17.2. The van der Waals surface area contributed by atoms with Crippen LogP contribution in [0.3, 0.4) is 0 Å². The first-order valence-corrected chi connectivity index (χ1v) is 13.2. The van der Waals surface area contributed by atoms with Crippen molar-refractivity contribution in [3.8, 4) is 0 Å². The van der Waals surface area contributed by atoms with E-state index in [1.54, 1.807) is 17.3 Å². The van der Waals surface area contributed by atoms with Crippen molar-refractivity contribution in [2.75, 3.05) is 24.7 Å². The van der Waals surface area contributed by atoms with Crippen LogP contribution in [-0.4, -0.2) is 48.1 Å². The SMILES string of the molecule is CC1(C(=O)N(c2ccc(C(C)(C)C)cc2)C(C(=O)NC2CCCCC2)c2cccnc2)COCCN1. The van der Waals surface area contributed by atoms with Crippen molar-refractivity contribution in [3.05, 3.63) is 59.9 Å². The molecule has 0 spiro atoms. The Labute approximate surface area is 215 Å². The molecule has 2 N–H and O–H groups in total. The van der Waals surface area contributed by atoms with Crippen LogP contribution in [0, 0.1) is 0 Å². The summed E-state index contributed by atoms with van der Waals surface area (Å²) >= 11 is 0. The number of morpholine rings is 1. The fourth-order valence-electron chi connectivity index (χ4n) is 5.12. The Balaban J connectivity index is 1.78. The lowest BCUT2D eigenvalue weighted by Gasteiger charge is -2.41. The molecule has 7 nitrogen and oxygen atoms in total. The lowest BCUT2D eigenvalue weighted by Crippen LogP contribution is -2.63. The molecule has 2 fully saturated rings. The minimum Gasteiger partial charge on any atom is -0.378 e. The molecule has 1 saturated carbocycles. The van der Waals surface area contributed by atoms with E-state index in [0.29, 0.717) is 24.4 Å². The van der Waals surface area contributed by atoms with Crippen LogP contribution in [0.2, 0.25) is 0 Å². The monoisotopic (exact) mass is 492 g/mol. The van der Waals surface area contributed by atoms with E-state index < -0.39 is 11.6 Å². The van der Waals surface area contributed by atoms with Crippen LogP contribution < -0.4 is 15.5 Å². The summed E-state index contributed by atoms with van der Waals surface area (Å²) in [6.45, 7) is 9.70. The van der Waals surface area contributed by atoms with E-state index in [9.17, 15) is 9.59 Å². The lowest BCUT2D eigenvalue weighted by atomic mass is 9.87. The van der Waals surface area contributed by atoms with Crippen molar-refractivity contribution < 1.29 is 14.3 Å². The zero-order valence-corrected chi connectivity index (χ0v) is 22.0. The number of aromatic nitrogens is 1. The van der Waals surface area contributed by atoms with E-state index in [2.05, 4.69) is 36.4 Å². The molecular weight excluding hydrogens is 452 g/mol. The van der Waals surface area contributed by atoms with Crippen LogP contribution >= 0.6 is 0 Å². The van der Waals surface area contributed by atoms with E-state index >= 15 is 0 Å². The predicted molar refractivity (Wildman–Crippen MR) is 142 cm³/mol. The van der Waals surface area contributed by atoms with Gasteiger partial charge in [-0.25, -0.2) is 0 Å². The van der Waals surface area contributed by atoms with E-state index in [1.807, 2.05) is 43.3 Å². The Morgan fingerprint density at radius 2 is 1.86 bits per heavy atom. The summed E-state index contributed by atoms with van der Waals surface area (Å²) in [6, 6.07) is 10.9. The number of carbonyl (C=O) groups is 2. The highest BCUT2D eigenvalue weighted by Crippen LogP contribution is 2.33. The molecule has 4 rings (SSSR count). The van der Waals surface area contributed by atoms with Crippen molar-refractivity contribution in [1.29, 1.82) is 0 Å². The van der Waals surface area contributed by atoms with Gasteiger partial charge in [0.15, 0.2) is 0 Å². The molecule has 2 atom stereocenters. The molecule has 2 amide bonds. The molecule has 2 unspecified atom stereocenters. The molecule has 36 heavy (non-hydrogen) atoms. The minimum absolute atomic E-state index is 0.0285. The number of nitrogens with zero attached hydrogens (tertiary/aromatic N) is 2. The summed E-state index contributed by atoms with van der Waals surface area (Å²) < 4.78 is 5.70. The fourth-order valence-corrected chi connectivity index (χ4v) is 5.12. The van der Waals surface area contributed by atoms with Crippen molar-refractivity contribution in [2.45, 2.75) is 82.8 Å². The van der Waals surface area contributed by atoms with Gasteiger partial charge in [-0.15, -0.1) is 0 Å². The molecule has 1 aromatic carbocycles. The normalized spacial score (nSPS) is 22.0. The van der Waals surface area contributed by atoms with Gasteiger partial charge in [-0.3, -0.25) is 24.8 Å². The van der Waals surface area contributed by atoms with Crippen LogP contribution in [0.5, 0.6) is 0 Å². The molecule has 0 bridgehead atoms. The molecule has 1 aliphatic carbocycles. The van der Waals surface area contributed by atoms with Crippen LogP contribution in [0.15, 0.2) is 48.8 Å². The number of pyridine rings is 1. The second-order valence-electron chi connectivity index (χ2n) is 11.3. The minimum atomic E-state index is -0.952. The third-order valence-corrected chi connectivity index (χ3v) is 7.31. The van der Waals surface area contributed by atoms with Gasteiger partial charge in [-0.05, 0) is 48.9 Å². The second kappa shape index (κ2) is 11.1. The number of amides is 2. The standard InChI is InChI=1S/C29H40N4O3/c1-28(2,3)22-12-14-24(15-13-22)33(27(35)29(4)20-36-18-17-31-29)25(21-9-8-16-30-19-21)26(34)32-23-10-6-5-7-11-23/h8-9,12-16,19,23,25,31H,5-7,10-11,17-18,20H2,1-4H3,(H,32,34). The van der Waals surface area contributed by atoms with Gasteiger partial charge in [0.2, 0.25) is 11.8 Å². The highest BCUT2D eigenvalue weighted by atomic mass is 16.5. The molecule has 2 aromatic rings. The van der Waals surface area contributed by atoms with Crippen molar-refractivity contribution in [3.63, 3.8) is 0 Å². The first-order valence-electron chi connectivity index (χ1n) is 13.2. The molecule has 1 aliphatic heterocycles. The van der Waals surface area contributed by atoms with Gasteiger partial charge in [0.05, 0.1) is 13.2 Å². The summed E-state index contributed by atoms with van der Waals surface area (Å²) in [7, 11) is 0. The van der Waals surface area contributed by atoms with Gasteiger partial charge in [0.1, 0.15) is 11.6 Å². The number of hydrogen-bond acceptors (Lipinski definition) is 5. The largest absolute Gasteiger partial charge is 0.378 e. The van der Waals surface area contributed by atoms with E-state index in [1.165, 1.54) is 6.42 Å². The Bertz CT molecular complexity index is 1020. The van der Waals surface area contributed by atoms with Crippen molar-refractivity contribution in [1.82, 2.24) is 15.6 Å². The Hall–Kier alpha value is -2.77. The van der Waals surface area contributed by atoms with Crippen LogP contribution in [0.25, 0.3) is 0 Å². The molecule has 0 radical (unpaired) electrons. The molecule has 2 aliphatic rings. The molecule has 194 valence electrons. The van der Waals surface area contributed by atoms with E-state index in [-0.39, 0.29) is 29.9 Å². The number of hydrogen-bond donors (Lipinski definition) is 2. The summed E-state index contributed by atoms with van der Waals surface area (Å²) in [5.74, 6) is -0.373. The third-order valence-electron chi connectivity index (χ3n) is 7.31. The number of benzene rings is 1. The number of anilines is 1. The zero-order valence-electron chi connectivity index (χ0n) is 22.0. The Kier molecular flexibility index (Phi) is 8.10. The number of rotatable bonds is 6. The smallest absolute Gasteiger partial charge is 0.250 e. The second-order valence-corrected chi connectivity index (χ2v) is 11.3. The fraction of sp³-hybridized carbons (Fsp3) is 0.552. The quantitative estimate of drug-likeness (QED) is 0.629. The van der Waals surface area contributed by atoms with Gasteiger partial charge in [0.25, 0.3) is 0 Å². The van der Waals surface area contributed by atoms with Gasteiger partial charge >= 0.3 is 0 Å². The van der Waals surface area contributed by atoms with E-state index in [4.69, 9.17) is 4.74 Å². The molecule has 1 saturated heterocycles. The average Bonchev–Trinajstić information content (AvgIpc) is 2.88. The highest BCUT2D eigenvalue weighted by Gasteiger charge is 2.44. The topological polar surface area (TPSA) is 83.6 Å². The zero-order chi connectivity index (χ0) is 25.8. The van der Waals surface area contributed by atoms with Gasteiger partial charge in [-0.2, -0.15) is 0 Å². The summed E-state index contributed by atoms with van der Waals surface area (Å²) in [4.78, 5) is 34.2. The van der Waals surface area contributed by atoms with Crippen LogP contribution in [0.4, 0.5) is 5.69 Å². The maximum absolute atomic E-state index is 14.3. The van der Waals surface area contributed by atoms with Crippen LogP contribution in [0.1, 0.15) is 77.0 Å². The van der Waals surface area contributed by atoms with Gasteiger partial charge in [-0.1, -0.05) is 58.2 Å².